The predicted molar refractivity (Wildman–Crippen MR) is 74.9 cm³/mol. The van der Waals surface area contributed by atoms with Gasteiger partial charge in [-0.25, -0.2) is 4.39 Å². The molecule has 1 amide bonds. The average Bonchev–Trinajstić information content (AvgIpc) is 2.33. The van der Waals surface area contributed by atoms with Crippen LogP contribution in [0.3, 0.4) is 0 Å². The normalized spacial score (nSPS) is 10.4. The lowest BCUT2D eigenvalue weighted by atomic mass is 10.2. The van der Waals surface area contributed by atoms with Gasteiger partial charge in [-0.2, -0.15) is 0 Å². The van der Waals surface area contributed by atoms with Crippen molar-refractivity contribution in [2.75, 3.05) is 24.6 Å². The number of carbonyl (C=O) groups excluding carboxylic acids is 1. The van der Waals surface area contributed by atoms with E-state index in [1.54, 1.807) is 11.0 Å². The lowest BCUT2D eigenvalue weighted by Crippen LogP contribution is -2.31. The third-order valence-electron chi connectivity index (χ3n) is 2.71. The zero-order chi connectivity index (χ0) is 13.5. The molecule has 1 aromatic carbocycles. The fraction of sp³-hybridized carbons (Fsp3) is 0.462. The van der Waals surface area contributed by atoms with Crippen molar-refractivity contribution in [3.8, 4) is 0 Å². The Hall–Kier alpha value is -1.23. The number of benzene rings is 1. The second-order valence-corrected chi connectivity index (χ2v) is 4.89. The number of hydrogen-bond acceptors (Lipinski definition) is 3. The molecule has 0 saturated heterocycles. The van der Waals surface area contributed by atoms with Crippen molar-refractivity contribution in [2.45, 2.75) is 19.6 Å². The monoisotopic (exact) mass is 270 g/mol. The molecule has 0 aliphatic carbocycles. The van der Waals surface area contributed by atoms with E-state index in [-0.39, 0.29) is 11.7 Å². The van der Waals surface area contributed by atoms with Gasteiger partial charge in [0.05, 0.1) is 5.75 Å². The Balaban J connectivity index is 2.44. The Morgan fingerprint density at radius 2 is 2.06 bits per heavy atom. The van der Waals surface area contributed by atoms with Crippen LogP contribution < -0.4 is 5.73 Å². The van der Waals surface area contributed by atoms with Crippen molar-refractivity contribution in [2.24, 2.45) is 0 Å². The Bertz CT molecular complexity index is 408. The van der Waals surface area contributed by atoms with E-state index in [0.717, 1.165) is 18.7 Å². The van der Waals surface area contributed by atoms with Crippen molar-refractivity contribution < 1.29 is 9.18 Å². The summed E-state index contributed by atoms with van der Waals surface area (Å²) in [5.74, 6) is 0.851. The number of halogens is 1. The standard InChI is InChI=1S/C13H19FN2OS/c1-3-16(4-2)13(17)9-18-8-10-5-6-11(14)7-12(10)15/h5-7H,3-4,8-9,15H2,1-2H3. The predicted octanol–water partition coefficient (Wildman–Crippen LogP) is 2.51. The van der Waals surface area contributed by atoms with Crippen LogP contribution in [-0.2, 0) is 10.5 Å². The van der Waals surface area contributed by atoms with Crippen LogP contribution in [-0.4, -0.2) is 29.6 Å². The molecule has 0 atom stereocenters. The molecule has 1 aromatic rings. The fourth-order valence-electron chi connectivity index (χ4n) is 1.61. The van der Waals surface area contributed by atoms with Gasteiger partial charge in [0.2, 0.25) is 5.91 Å². The Kier molecular flexibility index (Phi) is 5.98. The van der Waals surface area contributed by atoms with Gasteiger partial charge in [0, 0.05) is 24.5 Å². The summed E-state index contributed by atoms with van der Waals surface area (Å²) in [6.07, 6.45) is 0. The molecule has 0 aromatic heterocycles. The molecule has 0 spiro atoms. The van der Waals surface area contributed by atoms with E-state index in [1.807, 2.05) is 13.8 Å². The summed E-state index contributed by atoms with van der Waals surface area (Å²) in [6, 6.07) is 4.36. The molecule has 0 saturated carbocycles. The van der Waals surface area contributed by atoms with Crippen LogP contribution in [0.1, 0.15) is 19.4 Å². The van der Waals surface area contributed by atoms with Gasteiger partial charge < -0.3 is 10.6 Å². The molecule has 1 rings (SSSR count). The Morgan fingerprint density at radius 3 is 2.61 bits per heavy atom. The summed E-state index contributed by atoms with van der Waals surface area (Å²) in [7, 11) is 0. The molecule has 0 fully saturated rings. The van der Waals surface area contributed by atoms with Crippen molar-refractivity contribution in [1.82, 2.24) is 4.90 Å². The molecule has 3 nitrogen and oxygen atoms in total. The number of hydrogen-bond donors (Lipinski definition) is 1. The average molecular weight is 270 g/mol. The summed E-state index contributed by atoms with van der Waals surface area (Å²) in [4.78, 5) is 13.5. The maximum Gasteiger partial charge on any atom is 0.232 e. The molecule has 100 valence electrons. The second kappa shape index (κ2) is 7.26. The van der Waals surface area contributed by atoms with E-state index in [0.29, 0.717) is 17.2 Å². The summed E-state index contributed by atoms with van der Waals surface area (Å²) < 4.78 is 12.8. The topological polar surface area (TPSA) is 46.3 Å². The third kappa shape index (κ3) is 4.22. The Morgan fingerprint density at radius 1 is 1.39 bits per heavy atom. The number of anilines is 1. The SMILES string of the molecule is CCN(CC)C(=O)CSCc1ccc(F)cc1N. The maximum absolute atomic E-state index is 12.8. The van der Waals surface area contributed by atoms with Crippen molar-refractivity contribution in [1.29, 1.82) is 0 Å². The fourth-order valence-corrected chi connectivity index (χ4v) is 2.56. The van der Waals surface area contributed by atoms with E-state index in [1.165, 1.54) is 23.9 Å². The Labute approximate surface area is 112 Å². The first-order valence-electron chi connectivity index (χ1n) is 5.97. The van der Waals surface area contributed by atoms with E-state index < -0.39 is 0 Å². The van der Waals surface area contributed by atoms with Gasteiger partial charge in [-0.1, -0.05) is 6.07 Å². The number of nitrogen functional groups attached to an aromatic ring is 1. The molecule has 0 heterocycles. The van der Waals surface area contributed by atoms with Gasteiger partial charge in [-0.15, -0.1) is 11.8 Å². The minimum Gasteiger partial charge on any atom is -0.398 e. The van der Waals surface area contributed by atoms with Gasteiger partial charge in [-0.3, -0.25) is 4.79 Å². The van der Waals surface area contributed by atoms with E-state index in [9.17, 15) is 9.18 Å². The van der Waals surface area contributed by atoms with Crippen LogP contribution in [0.25, 0.3) is 0 Å². The number of nitrogens with zero attached hydrogens (tertiary/aromatic N) is 1. The smallest absolute Gasteiger partial charge is 0.232 e. The van der Waals surface area contributed by atoms with Crippen LogP contribution in [0.15, 0.2) is 18.2 Å². The minimum atomic E-state index is -0.333. The molecule has 18 heavy (non-hydrogen) atoms. The quantitative estimate of drug-likeness (QED) is 0.808. The molecule has 0 aliphatic rings. The second-order valence-electron chi connectivity index (χ2n) is 3.90. The molecule has 2 N–H and O–H groups in total. The van der Waals surface area contributed by atoms with E-state index in [4.69, 9.17) is 5.73 Å². The number of thioether (sulfide) groups is 1. The lowest BCUT2D eigenvalue weighted by Gasteiger charge is -2.18. The highest BCUT2D eigenvalue weighted by molar-refractivity contribution is 7.99. The van der Waals surface area contributed by atoms with Gasteiger partial charge >= 0.3 is 0 Å². The van der Waals surface area contributed by atoms with Crippen molar-refractivity contribution >= 4 is 23.4 Å². The van der Waals surface area contributed by atoms with Crippen LogP contribution in [0, 0.1) is 5.82 Å². The summed E-state index contributed by atoms with van der Waals surface area (Å²) in [6.45, 7) is 5.39. The zero-order valence-corrected chi connectivity index (χ0v) is 11.6. The van der Waals surface area contributed by atoms with Crippen LogP contribution >= 0.6 is 11.8 Å². The first kappa shape index (κ1) is 14.8. The molecular weight excluding hydrogens is 251 g/mol. The summed E-state index contributed by atoms with van der Waals surface area (Å²) in [5.41, 5.74) is 7.01. The summed E-state index contributed by atoms with van der Waals surface area (Å²) >= 11 is 1.50. The first-order valence-corrected chi connectivity index (χ1v) is 7.13. The van der Waals surface area contributed by atoms with Crippen LogP contribution in [0.2, 0.25) is 0 Å². The van der Waals surface area contributed by atoms with E-state index >= 15 is 0 Å². The molecule has 5 heteroatoms. The third-order valence-corrected chi connectivity index (χ3v) is 3.67. The molecule has 0 bridgehead atoms. The molecule has 0 unspecified atom stereocenters. The summed E-state index contributed by atoms with van der Waals surface area (Å²) in [5, 5.41) is 0. The van der Waals surface area contributed by atoms with Crippen molar-refractivity contribution in [3.63, 3.8) is 0 Å². The lowest BCUT2D eigenvalue weighted by molar-refractivity contribution is -0.127. The zero-order valence-electron chi connectivity index (χ0n) is 10.8. The number of amides is 1. The molecule has 0 aliphatic heterocycles. The number of carbonyl (C=O) groups is 1. The van der Waals surface area contributed by atoms with Gasteiger partial charge in [-0.05, 0) is 31.5 Å². The highest BCUT2D eigenvalue weighted by Crippen LogP contribution is 2.19. The highest BCUT2D eigenvalue weighted by atomic mass is 32.2. The maximum atomic E-state index is 12.8. The highest BCUT2D eigenvalue weighted by Gasteiger charge is 2.09. The first-order chi connectivity index (χ1) is 8.58. The van der Waals surface area contributed by atoms with Gasteiger partial charge in [0.1, 0.15) is 5.82 Å². The molecule has 0 radical (unpaired) electrons. The minimum absolute atomic E-state index is 0.130. The number of nitrogens with two attached hydrogens (primary N) is 1. The van der Waals surface area contributed by atoms with Gasteiger partial charge in [0.25, 0.3) is 0 Å². The van der Waals surface area contributed by atoms with E-state index in [2.05, 4.69) is 0 Å². The molecular formula is C13H19FN2OS. The van der Waals surface area contributed by atoms with Crippen LogP contribution in [0.5, 0.6) is 0 Å². The van der Waals surface area contributed by atoms with Crippen LogP contribution in [0.4, 0.5) is 10.1 Å². The number of rotatable bonds is 6. The van der Waals surface area contributed by atoms with Gasteiger partial charge in [0.15, 0.2) is 0 Å². The van der Waals surface area contributed by atoms with Crippen molar-refractivity contribution in [3.05, 3.63) is 29.6 Å². The largest absolute Gasteiger partial charge is 0.398 e.